The van der Waals surface area contributed by atoms with Crippen LogP contribution in [0.15, 0.2) is 64.5 Å². The van der Waals surface area contributed by atoms with Gasteiger partial charge in [-0.25, -0.2) is 9.79 Å². The lowest BCUT2D eigenvalue weighted by atomic mass is 10.1. The van der Waals surface area contributed by atoms with Gasteiger partial charge in [0.25, 0.3) is 5.91 Å². The molecule has 0 saturated carbocycles. The van der Waals surface area contributed by atoms with Gasteiger partial charge in [-0.15, -0.1) is 0 Å². The lowest BCUT2D eigenvalue weighted by Gasteiger charge is -2.12. The molecule has 1 saturated heterocycles. The molecule has 1 aliphatic heterocycles. The number of rotatable bonds is 6. The van der Waals surface area contributed by atoms with Crippen molar-refractivity contribution in [2.75, 3.05) is 0 Å². The summed E-state index contributed by atoms with van der Waals surface area (Å²) in [5, 5.41) is 13.0. The summed E-state index contributed by atoms with van der Waals surface area (Å²) in [6, 6.07) is 16.0. The summed E-state index contributed by atoms with van der Waals surface area (Å²) in [5.41, 5.74) is 3.54. The molecule has 0 unspecified atom stereocenters. The second-order valence-electron chi connectivity index (χ2n) is 7.47. The van der Waals surface area contributed by atoms with Gasteiger partial charge < -0.3 is 15.2 Å². The zero-order valence-electron chi connectivity index (χ0n) is 18.1. The standard InChI is InChI=1S/C25H17ClI2N2O4S/c1-13-17(26)3-2-4-20(13)29-25-30-23(31)21(35-25)11-15-9-18(27)22(19(28)10-15)34-12-14-5-7-16(8-6-14)24(32)33/h2-11H,12H2,1H3,(H,32,33)(H,29,30,31)/b21-11-. The number of benzene rings is 3. The first-order valence-electron chi connectivity index (χ1n) is 10.2. The van der Waals surface area contributed by atoms with Crippen LogP contribution in [-0.4, -0.2) is 22.2 Å². The van der Waals surface area contributed by atoms with Crippen molar-refractivity contribution in [3.8, 4) is 5.75 Å². The average Bonchev–Trinajstić information content (AvgIpc) is 3.15. The van der Waals surface area contributed by atoms with E-state index in [2.05, 4.69) is 55.5 Å². The molecule has 0 atom stereocenters. The summed E-state index contributed by atoms with van der Waals surface area (Å²) < 4.78 is 7.80. The SMILES string of the molecule is Cc1c(Cl)cccc1N=C1NC(=O)/C(=C/c2cc(I)c(OCc3ccc(C(=O)O)cc3)c(I)c2)S1. The zero-order chi connectivity index (χ0) is 25.1. The van der Waals surface area contributed by atoms with Gasteiger partial charge >= 0.3 is 5.97 Å². The number of carbonyl (C=O) groups is 2. The van der Waals surface area contributed by atoms with Crippen LogP contribution in [0, 0.1) is 14.1 Å². The minimum Gasteiger partial charge on any atom is -0.487 e. The molecule has 1 aliphatic rings. The first-order valence-corrected chi connectivity index (χ1v) is 13.6. The maximum atomic E-state index is 12.5. The fourth-order valence-corrected chi connectivity index (χ4v) is 6.29. The van der Waals surface area contributed by atoms with E-state index >= 15 is 0 Å². The average molecular weight is 731 g/mol. The van der Waals surface area contributed by atoms with Crippen molar-refractivity contribution in [1.82, 2.24) is 5.32 Å². The van der Waals surface area contributed by atoms with Gasteiger partial charge in [-0.1, -0.05) is 29.8 Å². The van der Waals surface area contributed by atoms with Gasteiger partial charge in [0.05, 0.1) is 23.3 Å². The number of hydrogen-bond donors (Lipinski definition) is 2. The lowest BCUT2D eigenvalue weighted by molar-refractivity contribution is -0.115. The molecule has 1 fully saturated rings. The van der Waals surface area contributed by atoms with E-state index in [-0.39, 0.29) is 11.5 Å². The Labute approximate surface area is 238 Å². The molecule has 178 valence electrons. The molecule has 35 heavy (non-hydrogen) atoms. The van der Waals surface area contributed by atoms with Crippen LogP contribution < -0.4 is 10.1 Å². The van der Waals surface area contributed by atoms with Crippen LogP contribution in [0.3, 0.4) is 0 Å². The fourth-order valence-electron chi connectivity index (χ4n) is 3.16. The number of nitrogens with zero attached hydrogens (tertiary/aromatic N) is 1. The van der Waals surface area contributed by atoms with Crippen LogP contribution >= 0.6 is 68.5 Å². The predicted octanol–water partition coefficient (Wildman–Crippen LogP) is 7.03. The molecule has 6 nitrogen and oxygen atoms in total. The molecule has 0 bridgehead atoms. The Bertz CT molecular complexity index is 1370. The first kappa shape index (κ1) is 26.0. The number of carboxylic acid groups (broad SMARTS) is 1. The number of aliphatic imine (C=N–C) groups is 1. The van der Waals surface area contributed by atoms with Crippen molar-refractivity contribution in [3.05, 3.63) is 93.9 Å². The van der Waals surface area contributed by atoms with Crippen LogP contribution in [0.2, 0.25) is 5.02 Å². The molecule has 3 aromatic rings. The summed E-state index contributed by atoms with van der Waals surface area (Å²) >= 11 is 11.9. The smallest absolute Gasteiger partial charge is 0.335 e. The number of ether oxygens (including phenoxy) is 1. The Balaban J connectivity index is 1.49. The number of nitrogens with one attached hydrogen (secondary N) is 1. The number of carbonyl (C=O) groups excluding carboxylic acids is 1. The van der Waals surface area contributed by atoms with E-state index in [0.717, 1.165) is 29.6 Å². The molecule has 0 aromatic heterocycles. The molecule has 4 rings (SSSR count). The van der Waals surface area contributed by atoms with Crippen LogP contribution in [-0.2, 0) is 11.4 Å². The predicted molar refractivity (Wildman–Crippen MR) is 157 cm³/mol. The van der Waals surface area contributed by atoms with Crippen molar-refractivity contribution in [2.45, 2.75) is 13.5 Å². The van der Waals surface area contributed by atoms with E-state index in [1.807, 2.05) is 37.3 Å². The molecule has 1 amide bonds. The Kier molecular flexibility index (Phi) is 8.40. The third-order valence-electron chi connectivity index (χ3n) is 5.01. The van der Waals surface area contributed by atoms with Crippen molar-refractivity contribution in [2.24, 2.45) is 4.99 Å². The molecule has 0 aliphatic carbocycles. The Morgan fingerprint density at radius 1 is 1.17 bits per heavy atom. The van der Waals surface area contributed by atoms with E-state index in [1.54, 1.807) is 30.3 Å². The molecule has 3 aromatic carbocycles. The number of carboxylic acids is 1. The van der Waals surface area contributed by atoms with E-state index in [0.29, 0.717) is 27.4 Å². The summed E-state index contributed by atoms with van der Waals surface area (Å²) in [6.07, 6.45) is 1.83. The summed E-state index contributed by atoms with van der Waals surface area (Å²) in [6.45, 7) is 2.20. The number of thioether (sulfide) groups is 1. The molecule has 0 spiro atoms. The second kappa shape index (κ2) is 11.3. The number of amidine groups is 1. The third kappa shape index (κ3) is 6.38. The van der Waals surface area contributed by atoms with Crippen molar-refractivity contribution >= 4 is 97.4 Å². The first-order chi connectivity index (χ1) is 16.7. The summed E-state index contributed by atoms with van der Waals surface area (Å²) in [5.74, 6) is -0.431. The lowest BCUT2D eigenvalue weighted by Crippen LogP contribution is -2.19. The minimum atomic E-state index is -0.960. The summed E-state index contributed by atoms with van der Waals surface area (Å²) in [7, 11) is 0. The van der Waals surface area contributed by atoms with Gasteiger partial charge in [-0.3, -0.25) is 4.79 Å². The molecule has 2 N–H and O–H groups in total. The van der Waals surface area contributed by atoms with Crippen molar-refractivity contribution in [1.29, 1.82) is 0 Å². The van der Waals surface area contributed by atoms with Gasteiger partial charge in [0.15, 0.2) is 5.17 Å². The van der Waals surface area contributed by atoms with Crippen molar-refractivity contribution in [3.63, 3.8) is 0 Å². The van der Waals surface area contributed by atoms with Gasteiger partial charge in [0.2, 0.25) is 0 Å². The number of amides is 1. The molecule has 10 heteroatoms. The minimum absolute atomic E-state index is 0.205. The number of hydrogen-bond acceptors (Lipinski definition) is 5. The third-order valence-corrected chi connectivity index (χ3v) is 7.94. The molecular weight excluding hydrogens is 714 g/mol. The molecule has 1 heterocycles. The highest BCUT2D eigenvalue weighted by molar-refractivity contribution is 14.1. The highest BCUT2D eigenvalue weighted by atomic mass is 127. The fraction of sp³-hybridized carbons (Fsp3) is 0.0800. The van der Waals surface area contributed by atoms with Crippen LogP contribution in [0.1, 0.15) is 27.0 Å². The van der Waals surface area contributed by atoms with Gasteiger partial charge in [-0.05, 0) is 123 Å². The number of aromatic carboxylic acids is 1. The highest BCUT2D eigenvalue weighted by Gasteiger charge is 2.24. The van der Waals surface area contributed by atoms with E-state index in [1.165, 1.54) is 11.8 Å². The molecular formula is C25H17ClI2N2O4S. The van der Waals surface area contributed by atoms with E-state index < -0.39 is 5.97 Å². The quantitative estimate of drug-likeness (QED) is 0.210. The van der Waals surface area contributed by atoms with E-state index in [4.69, 9.17) is 21.4 Å². The molecule has 0 radical (unpaired) electrons. The normalized spacial score (nSPS) is 15.5. The van der Waals surface area contributed by atoms with Gasteiger partial charge in [0.1, 0.15) is 12.4 Å². The van der Waals surface area contributed by atoms with E-state index in [9.17, 15) is 9.59 Å². The van der Waals surface area contributed by atoms with Crippen molar-refractivity contribution < 1.29 is 19.4 Å². The maximum absolute atomic E-state index is 12.5. The van der Waals surface area contributed by atoms with Crippen LogP contribution in [0.5, 0.6) is 5.75 Å². The van der Waals surface area contributed by atoms with Crippen LogP contribution in [0.4, 0.5) is 5.69 Å². The zero-order valence-corrected chi connectivity index (χ0v) is 24.0. The number of halogens is 3. The Morgan fingerprint density at radius 3 is 2.51 bits per heavy atom. The largest absolute Gasteiger partial charge is 0.487 e. The van der Waals surface area contributed by atoms with Crippen LogP contribution in [0.25, 0.3) is 6.08 Å². The highest BCUT2D eigenvalue weighted by Crippen LogP contribution is 2.34. The Hall–Kier alpha value is -2.09. The topological polar surface area (TPSA) is 88.0 Å². The monoisotopic (exact) mass is 730 g/mol. The van der Waals surface area contributed by atoms with Gasteiger partial charge in [0, 0.05) is 5.02 Å². The van der Waals surface area contributed by atoms with Gasteiger partial charge in [-0.2, -0.15) is 0 Å². The summed E-state index contributed by atoms with van der Waals surface area (Å²) in [4.78, 5) is 28.6. The second-order valence-corrected chi connectivity index (χ2v) is 11.2. The Morgan fingerprint density at radius 2 is 1.86 bits per heavy atom. The maximum Gasteiger partial charge on any atom is 0.335 e.